The predicted octanol–water partition coefficient (Wildman–Crippen LogP) is 14.7. The van der Waals surface area contributed by atoms with Crippen molar-refractivity contribution in [3.63, 3.8) is 0 Å². The average molecular weight is 670 g/mol. The van der Waals surface area contributed by atoms with Gasteiger partial charge >= 0.3 is 0 Å². The number of quaternary nitrogens is 1. The minimum atomic E-state index is 0.132. The van der Waals surface area contributed by atoms with Gasteiger partial charge in [-0.15, -0.1) is 0 Å². The molecule has 3 rings (SSSR count). The monoisotopic (exact) mass is 670 g/mol. The van der Waals surface area contributed by atoms with E-state index in [0.717, 1.165) is 17.4 Å². The molecular weight excluding hydrogens is 593 g/mol. The number of unbranched alkanes of at least 4 members (excludes halogenated alkanes) is 20. The molecule has 0 fully saturated rings. The van der Waals surface area contributed by atoms with Crippen molar-refractivity contribution in [2.45, 2.75) is 199 Å². The van der Waals surface area contributed by atoms with Crippen molar-refractivity contribution in [1.82, 2.24) is 0 Å². The van der Waals surface area contributed by atoms with Gasteiger partial charge in [0.25, 0.3) is 0 Å². The molecule has 0 saturated carbocycles. The highest BCUT2D eigenvalue weighted by molar-refractivity contribution is 5.51. The van der Waals surface area contributed by atoms with Crippen LogP contribution in [-0.2, 0) is 11.8 Å². The van der Waals surface area contributed by atoms with Crippen LogP contribution < -0.4 is 0 Å². The Bertz CT molecular complexity index is 1090. The topological polar surface area (TPSA) is 12.4 Å². The molecule has 1 aliphatic heterocycles. The number of hydrogen-bond acceptors (Lipinski definition) is 1. The first-order valence-corrected chi connectivity index (χ1v) is 21.3. The third-order valence-corrected chi connectivity index (χ3v) is 11.8. The summed E-state index contributed by atoms with van der Waals surface area (Å²) in [7, 11) is 0. The molecule has 0 N–H and O–H groups in total. The first-order chi connectivity index (χ1) is 24.1. The maximum absolute atomic E-state index is 4.71. The lowest BCUT2D eigenvalue weighted by Crippen LogP contribution is -2.50. The number of hydrogen-bond donors (Lipinski definition) is 0. The van der Waals surface area contributed by atoms with Crippen LogP contribution in [0.25, 0.3) is 0 Å². The smallest absolute Gasteiger partial charge is 0.194 e. The molecule has 0 amide bonds. The summed E-state index contributed by atoms with van der Waals surface area (Å²) in [6.45, 7) is 8.22. The van der Waals surface area contributed by atoms with Crippen LogP contribution in [0.4, 0.5) is 0 Å². The second-order valence-electron chi connectivity index (χ2n) is 15.8. The van der Waals surface area contributed by atoms with E-state index in [9.17, 15) is 0 Å². The van der Waals surface area contributed by atoms with Crippen molar-refractivity contribution in [2.24, 2.45) is 4.99 Å². The second kappa shape index (κ2) is 25.7. The minimum Gasteiger partial charge on any atom is -0.251 e. The molecule has 1 aliphatic rings. The van der Waals surface area contributed by atoms with Crippen LogP contribution in [0.1, 0.15) is 192 Å². The summed E-state index contributed by atoms with van der Waals surface area (Å²) in [6, 6.07) is 23.5. The quantitative estimate of drug-likeness (QED) is 0.0560. The van der Waals surface area contributed by atoms with Gasteiger partial charge in [-0.1, -0.05) is 209 Å². The van der Waals surface area contributed by atoms with Crippen molar-refractivity contribution >= 4 is 6.34 Å². The Balaban J connectivity index is 1.56. The molecule has 2 aromatic rings. The Morgan fingerprint density at radius 1 is 0.551 bits per heavy atom. The molecule has 0 spiro atoms. The molecule has 0 aliphatic carbocycles. The fourth-order valence-corrected chi connectivity index (χ4v) is 8.33. The zero-order chi connectivity index (χ0) is 34.7. The molecule has 3 unspecified atom stereocenters. The van der Waals surface area contributed by atoms with Crippen LogP contribution in [0.5, 0.6) is 0 Å². The van der Waals surface area contributed by atoms with Gasteiger partial charge in [0.2, 0.25) is 0 Å². The Morgan fingerprint density at radius 2 is 1.02 bits per heavy atom. The van der Waals surface area contributed by atoms with Crippen LogP contribution >= 0.6 is 0 Å². The first kappa shape index (κ1) is 41.2. The first-order valence-electron chi connectivity index (χ1n) is 21.3. The predicted molar refractivity (Wildman–Crippen MR) is 217 cm³/mol. The molecule has 0 aromatic heterocycles. The van der Waals surface area contributed by atoms with E-state index in [2.05, 4.69) is 100 Å². The Labute approximate surface area is 304 Å². The lowest BCUT2D eigenvalue weighted by molar-refractivity contribution is -0.807. The highest BCUT2D eigenvalue weighted by Gasteiger charge is 2.39. The highest BCUT2D eigenvalue weighted by atomic mass is 15.4. The molecule has 2 heteroatoms. The minimum absolute atomic E-state index is 0.132. The summed E-state index contributed by atoms with van der Waals surface area (Å²) in [5.74, 6) is 0. The van der Waals surface area contributed by atoms with Crippen LogP contribution in [0.3, 0.4) is 0 Å². The normalized spacial score (nSPS) is 17.4. The summed E-state index contributed by atoms with van der Waals surface area (Å²) in [5.41, 5.74) is 3.14. The number of rotatable bonds is 31. The Kier molecular flexibility index (Phi) is 21.6. The Hall–Kier alpha value is -2.19. The van der Waals surface area contributed by atoms with Gasteiger partial charge in [-0.05, 0) is 43.7 Å². The van der Waals surface area contributed by atoms with Crippen molar-refractivity contribution < 1.29 is 4.48 Å². The van der Waals surface area contributed by atoms with E-state index >= 15 is 0 Å². The zero-order valence-electron chi connectivity index (χ0n) is 32.6. The van der Waals surface area contributed by atoms with Crippen molar-refractivity contribution in [2.75, 3.05) is 6.54 Å². The maximum Gasteiger partial charge on any atom is 0.194 e. The largest absolute Gasteiger partial charge is 0.251 e. The van der Waals surface area contributed by atoms with Gasteiger partial charge in [0, 0.05) is 11.8 Å². The van der Waals surface area contributed by atoms with Crippen molar-refractivity contribution in [1.29, 1.82) is 0 Å². The van der Waals surface area contributed by atoms with E-state index in [0.29, 0.717) is 6.04 Å². The average Bonchev–Trinajstić information content (AvgIpc) is 3.63. The van der Waals surface area contributed by atoms with Crippen LogP contribution in [0.2, 0.25) is 0 Å². The van der Waals surface area contributed by atoms with Gasteiger partial charge in [-0.3, -0.25) is 4.48 Å². The molecule has 2 aromatic carbocycles. The van der Waals surface area contributed by atoms with Crippen molar-refractivity contribution in [3.05, 3.63) is 84.2 Å². The van der Waals surface area contributed by atoms with E-state index in [4.69, 9.17) is 4.99 Å². The SMILES string of the molecule is CCCCCCCCCCCCCCCCC(CC[N+]1(C(C)CCCCCCCCCC)C=CN=C1)(Cc1ccccc1)c1ccccc1. The van der Waals surface area contributed by atoms with E-state index in [1.165, 1.54) is 172 Å². The second-order valence-corrected chi connectivity index (χ2v) is 15.8. The standard InChI is InChI=1S/C47H77N2/c1-4-6-8-10-12-14-15-16-17-18-19-21-23-31-37-47(46-35-29-25-30-36-46,42-45-33-27-24-28-34-45)38-40-49(41-39-48-43-49)44(3)32-26-22-20-13-11-9-7-5-2/h24-25,27-30,33-36,39,41,43-44H,4-23,26,31-32,37-38,40,42H2,1-3H3/q+1. The van der Waals surface area contributed by atoms with E-state index in [1.807, 2.05) is 0 Å². The van der Waals surface area contributed by atoms with Crippen molar-refractivity contribution in [3.8, 4) is 0 Å². The summed E-state index contributed by atoms with van der Waals surface area (Å²) in [4.78, 5) is 4.71. The molecule has 49 heavy (non-hydrogen) atoms. The van der Waals surface area contributed by atoms with Crippen LogP contribution in [-0.4, -0.2) is 23.4 Å². The van der Waals surface area contributed by atoms with Gasteiger partial charge < -0.3 is 0 Å². The summed E-state index contributed by atoms with van der Waals surface area (Å²) in [6.07, 6.45) is 42.4. The van der Waals surface area contributed by atoms with E-state index in [1.54, 1.807) is 0 Å². The maximum atomic E-state index is 4.71. The Morgan fingerprint density at radius 3 is 1.51 bits per heavy atom. The van der Waals surface area contributed by atoms with Gasteiger partial charge in [0.15, 0.2) is 6.34 Å². The number of aliphatic imine (C=N–C) groups is 1. The van der Waals surface area contributed by atoms with Crippen LogP contribution in [0, 0.1) is 0 Å². The van der Waals surface area contributed by atoms with E-state index < -0.39 is 0 Å². The molecule has 2 nitrogen and oxygen atoms in total. The molecule has 0 radical (unpaired) electrons. The van der Waals surface area contributed by atoms with Crippen LogP contribution in [0.15, 0.2) is 78.1 Å². The molecule has 3 atom stereocenters. The molecule has 0 saturated heterocycles. The highest BCUT2D eigenvalue weighted by Crippen LogP contribution is 2.39. The summed E-state index contributed by atoms with van der Waals surface area (Å²) >= 11 is 0. The molecular formula is C47H77N2+. The fraction of sp³-hybridized carbons (Fsp3) is 0.681. The summed E-state index contributed by atoms with van der Waals surface area (Å²) in [5, 5.41) is 0. The molecule has 274 valence electrons. The number of benzene rings is 2. The van der Waals surface area contributed by atoms with Gasteiger partial charge in [-0.25, -0.2) is 4.99 Å². The molecule has 1 heterocycles. The third-order valence-electron chi connectivity index (χ3n) is 11.8. The lowest BCUT2D eigenvalue weighted by atomic mass is 9.69. The fourth-order valence-electron chi connectivity index (χ4n) is 8.33. The van der Waals surface area contributed by atoms with Gasteiger partial charge in [0.05, 0.1) is 18.8 Å². The van der Waals surface area contributed by atoms with E-state index in [-0.39, 0.29) is 5.41 Å². The lowest BCUT2D eigenvalue weighted by Gasteiger charge is -2.40. The van der Waals surface area contributed by atoms with Gasteiger partial charge in [-0.2, -0.15) is 0 Å². The summed E-state index contributed by atoms with van der Waals surface area (Å²) < 4.78 is 0.915. The number of nitrogens with zero attached hydrogens (tertiary/aromatic N) is 2. The zero-order valence-corrected chi connectivity index (χ0v) is 32.6. The molecule has 0 bridgehead atoms. The van der Waals surface area contributed by atoms with Gasteiger partial charge in [0.1, 0.15) is 6.20 Å². The third kappa shape index (κ3) is 16.1.